The first-order chi connectivity index (χ1) is 8.66. The predicted octanol–water partition coefficient (Wildman–Crippen LogP) is 2.13. The van der Waals surface area contributed by atoms with Gasteiger partial charge < -0.3 is 10.6 Å². The van der Waals surface area contributed by atoms with Crippen molar-refractivity contribution in [2.75, 3.05) is 10.6 Å². The van der Waals surface area contributed by atoms with Crippen molar-refractivity contribution < 1.29 is 4.39 Å². The van der Waals surface area contributed by atoms with Gasteiger partial charge in [-0.1, -0.05) is 0 Å². The standard InChI is InChI=1S/C11H10FN5S/c1-7-4-6-14-17-9(7)15-11(18)16-10-8(12)3-2-5-13-10/h2-6H,1H3,(H2,13,15,16,17,18). The molecule has 0 aliphatic rings. The lowest BCUT2D eigenvalue weighted by molar-refractivity contribution is 0.627. The van der Waals surface area contributed by atoms with Crippen LogP contribution < -0.4 is 10.6 Å². The summed E-state index contributed by atoms with van der Waals surface area (Å²) in [6.45, 7) is 1.86. The van der Waals surface area contributed by atoms with E-state index >= 15 is 0 Å². The molecule has 2 N–H and O–H groups in total. The van der Waals surface area contributed by atoms with Crippen molar-refractivity contribution in [2.45, 2.75) is 6.92 Å². The number of anilines is 2. The predicted molar refractivity (Wildman–Crippen MR) is 70.8 cm³/mol. The number of hydrogen-bond acceptors (Lipinski definition) is 4. The number of aromatic nitrogens is 3. The van der Waals surface area contributed by atoms with E-state index < -0.39 is 5.82 Å². The molecule has 2 aromatic rings. The first-order valence-corrected chi connectivity index (χ1v) is 5.54. The van der Waals surface area contributed by atoms with E-state index in [0.29, 0.717) is 5.82 Å². The van der Waals surface area contributed by atoms with Gasteiger partial charge in [-0.3, -0.25) is 0 Å². The van der Waals surface area contributed by atoms with Gasteiger partial charge in [-0.2, -0.15) is 5.10 Å². The Morgan fingerprint density at radius 2 is 2.00 bits per heavy atom. The summed E-state index contributed by atoms with van der Waals surface area (Å²) in [5.74, 6) is 0.111. The first kappa shape index (κ1) is 12.3. The largest absolute Gasteiger partial charge is 0.315 e. The number of halogens is 1. The maximum absolute atomic E-state index is 13.3. The number of aryl methyl sites for hydroxylation is 1. The molecular weight excluding hydrogens is 253 g/mol. The van der Waals surface area contributed by atoms with Crippen molar-refractivity contribution in [3.63, 3.8) is 0 Å². The van der Waals surface area contributed by atoms with E-state index in [1.165, 1.54) is 18.3 Å². The number of thiocarbonyl (C=S) groups is 1. The Kier molecular flexibility index (Phi) is 3.73. The SMILES string of the molecule is Cc1ccnnc1NC(=S)Nc1ncccc1F. The van der Waals surface area contributed by atoms with Crippen LogP contribution in [-0.4, -0.2) is 20.3 Å². The fourth-order valence-corrected chi connectivity index (χ4v) is 1.43. The zero-order valence-corrected chi connectivity index (χ0v) is 10.3. The van der Waals surface area contributed by atoms with Crippen LogP contribution in [0.2, 0.25) is 0 Å². The smallest absolute Gasteiger partial charge is 0.177 e. The summed E-state index contributed by atoms with van der Waals surface area (Å²) in [5, 5.41) is 13.3. The molecule has 7 heteroatoms. The number of hydrogen-bond donors (Lipinski definition) is 2. The molecule has 0 aliphatic heterocycles. The monoisotopic (exact) mass is 263 g/mol. The van der Waals surface area contributed by atoms with Crippen LogP contribution in [0.25, 0.3) is 0 Å². The molecule has 5 nitrogen and oxygen atoms in total. The van der Waals surface area contributed by atoms with E-state index in [0.717, 1.165) is 5.56 Å². The van der Waals surface area contributed by atoms with E-state index in [9.17, 15) is 4.39 Å². The van der Waals surface area contributed by atoms with E-state index in [1.807, 2.05) is 6.92 Å². The Labute approximate surface area is 108 Å². The highest BCUT2D eigenvalue weighted by molar-refractivity contribution is 7.80. The second-order valence-electron chi connectivity index (χ2n) is 3.48. The Morgan fingerprint density at radius 1 is 1.22 bits per heavy atom. The van der Waals surface area contributed by atoms with Crippen molar-refractivity contribution in [1.29, 1.82) is 0 Å². The summed E-state index contributed by atoms with van der Waals surface area (Å²) in [5.41, 5.74) is 0.885. The fraction of sp³-hybridized carbons (Fsp3) is 0.0909. The number of nitrogens with one attached hydrogen (secondary N) is 2. The molecular formula is C11H10FN5S. The molecule has 0 radical (unpaired) electrons. The highest BCUT2D eigenvalue weighted by atomic mass is 32.1. The van der Waals surface area contributed by atoms with Gasteiger partial charge in [-0.05, 0) is 42.9 Å². The van der Waals surface area contributed by atoms with Gasteiger partial charge in [0, 0.05) is 6.20 Å². The third-order valence-electron chi connectivity index (χ3n) is 2.14. The molecule has 0 amide bonds. The van der Waals surface area contributed by atoms with E-state index in [-0.39, 0.29) is 10.9 Å². The molecule has 0 atom stereocenters. The molecule has 92 valence electrons. The Balaban J connectivity index is 2.06. The Hall–Kier alpha value is -2.15. The minimum atomic E-state index is -0.475. The Morgan fingerprint density at radius 3 is 2.72 bits per heavy atom. The van der Waals surface area contributed by atoms with Crippen LogP contribution in [0.4, 0.5) is 16.0 Å². The molecule has 2 heterocycles. The third-order valence-corrected chi connectivity index (χ3v) is 2.35. The molecule has 0 spiro atoms. The first-order valence-electron chi connectivity index (χ1n) is 5.13. The molecule has 0 aliphatic carbocycles. The van der Waals surface area contributed by atoms with Gasteiger partial charge in [0.05, 0.1) is 6.20 Å². The third kappa shape index (κ3) is 2.95. The van der Waals surface area contributed by atoms with Crippen LogP contribution >= 0.6 is 12.2 Å². The summed E-state index contributed by atoms with van der Waals surface area (Å²) in [6.07, 6.45) is 3.05. The van der Waals surface area contributed by atoms with Gasteiger partial charge in [-0.15, -0.1) is 5.10 Å². The molecule has 0 saturated heterocycles. The van der Waals surface area contributed by atoms with Gasteiger partial charge in [0.1, 0.15) is 0 Å². The second-order valence-corrected chi connectivity index (χ2v) is 3.88. The van der Waals surface area contributed by atoms with Crippen molar-refractivity contribution in [3.05, 3.63) is 42.0 Å². The summed E-state index contributed by atoms with van der Waals surface area (Å²) < 4.78 is 13.3. The van der Waals surface area contributed by atoms with Gasteiger partial charge in [0.25, 0.3) is 0 Å². The van der Waals surface area contributed by atoms with E-state index in [4.69, 9.17) is 12.2 Å². The van der Waals surface area contributed by atoms with Crippen molar-refractivity contribution >= 4 is 29.0 Å². The minimum Gasteiger partial charge on any atom is -0.315 e. The maximum atomic E-state index is 13.3. The zero-order chi connectivity index (χ0) is 13.0. The number of nitrogens with zero attached hydrogens (tertiary/aromatic N) is 3. The lowest BCUT2D eigenvalue weighted by Crippen LogP contribution is -2.21. The van der Waals surface area contributed by atoms with Gasteiger partial charge in [0.15, 0.2) is 22.6 Å². The molecule has 0 unspecified atom stereocenters. The molecule has 2 aromatic heterocycles. The average molecular weight is 263 g/mol. The molecule has 2 rings (SSSR count). The average Bonchev–Trinajstić information content (AvgIpc) is 2.35. The lowest BCUT2D eigenvalue weighted by atomic mass is 10.3. The Bertz CT molecular complexity index is 525. The molecule has 18 heavy (non-hydrogen) atoms. The van der Waals surface area contributed by atoms with Crippen LogP contribution in [0.5, 0.6) is 0 Å². The van der Waals surface area contributed by atoms with Gasteiger partial charge in [0.2, 0.25) is 0 Å². The van der Waals surface area contributed by atoms with Crippen LogP contribution in [0.3, 0.4) is 0 Å². The van der Waals surface area contributed by atoms with Crippen molar-refractivity contribution in [2.24, 2.45) is 0 Å². The van der Waals surface area contributed by atoms with Crippen LogP contribution in [0.1, 0.15) is 5.56 Å². The van der Waals surface area contributed by atoms with Crippen molar-refractivity contribution in [3.8, 4) is 0 Å². The number of rotatable bonds is 2. The van der Waals surface area contributed by atoms with Crippen LogP contribution in [-0.2, 0) is 0 Å². The molecule has 0 saturated carbocycles. The highest BCUT2D eigenvalue weighted by Crippen LogP contribution is 2.11. The molecule has 0 bridgehead atoms. The molecule has 0 fully saturated rings. The highest BCUT2D eigenvalue weighted by Gasteiger charge is 2.06. The van der Waals surface area contributed by atoms with Gasteiger partial charge >= 0.3 is 0 Å². The zero-order valence-electron chi connectivity index (χ0n) is 9.51. The summed E-state index contributed by atoms with van der Waals surface area (Å²) in [4.78, 5) is 3.83. The van der Waals surface area contributed by atoms with Gasteiger partial charge in [-0.25, -0.2) is 9.37 Å². The summed E-state index contributed by atoms with van der Waals surface area (Å²) in [6, 6.07) is 4.59. The quantitative estimate of drug-likeness (QED) is 0.809. The topological polar surface area (TPSA) is 62.7 Å². The minimum absolute atomic E-state index is 0.0662. The molecule has 0 aromatic carbocycles. The lowest BCUT2D eigenvalue weighted by Gasteiger charge is -2.10. The maximum Gasteiger partial charge on any atom is 0.177 e. The van der Waals surface area contributed by atoms with Crippen LogP contribution in [0.15, 0.2) is 30.6 Å². The normalized spacial score (nSPS) is 9.89. The summed E-state index contributed by atoms with van der Waals surface area (Å²) >= 11 is 5.04. The van der Waals surface area contributed by atoms with E-state index in [2.05, 4.69) is 25.8 Å². The summed E-state index contributed by atoms with van der Waals surface area (Å²) in [7, 11) is 0. The second kappa shape index (κ2) is 5.46. The fourth-order valence-electron chi connectivity index (χ4n) is 1.24. The number of pyridine rings is 1. The van der Waals surface area contributed by atoms with E-state index in [1.54, 1.807) is 12.3 Å². The van der Waals surface area contributed by atoms with Crippen LogP contribution in [0, 0.1) is 12.7 Å². The van der Waals surface area contributed by atoms with Crippen molar-refractivity contribution in [1.82, 2.24) is 15.2 Å².